The lowest BCUT2D eigenvalue weighted by molar-refractivity contribution is -0.115. The summed E-state index contributed by atoms with van der Waals surface area (Å²) < 4.78 is 0. The highest BCUT2D eigenvalue weighted by atomic mass is 16.3. The fraction of sp³-hybridized carbons (Fsp3) is 0.476. The molecule has 0 aromatic rings. The predicted molar refractivity (Wildman–Crippen MR) is 102 cm³/mol. The number of Topliss-reactive ketones (excluding diaryl/α,β-unsaturated/α-hetero) is 1. The number of hydrogen-bond donors (Lipinski definition) is 2. The van der Waals surface area contributed by atoms with Crippen molar-refractivity contribution < 1.29 is 9.90 Å². The molecule has 132 valence electrons. The number of aliphatic hydroxyl groups excluding tert-OH is 1. The minimum absolute atomic E-state index is 0.00638. The average molecular weight is 329 g/mol. The normalized spacial score (nSPS) is 16.3. The van der Waals surface area contributed by atoms with Gasteiger partial charge in [-0.25, -0.2) is 0 Å². The first-order chi connectivity index (χ1) is 11.4. The number of ketones is 1. The van der Waals surface area contributed by atoms with Gasteiger partial charge in [-0.15, -0.1) is 0 Å². The molecule has 3 nitrogen and oxygen atoms in total. The lowest BCUT2D eigenvalue weighted by Crippen LogP contribution is -2.14. The quantitative estimate of drug-likeness (QED) is 0.556. The van der Waals surface area contributed by atoms with Gasteiger partial charge >= 0.3 is 0 Å². The van der Waals surface area contributed by atoms with Crippen LogP contribution in [0.2, 0.25) is 0 Å². The summed E-state index contributed by atoms with van der Waals surface area (Å²) in [4.78, 5) is 12.1. The summed E-state index contributed by atoms with van der Waals surface area (Å²) in [5, 5.41) is 13.4. The molecule has 0 bridgehead atoms. The zero-order valence-electron chi connectivity index (χ0n) is 15.3. The lowest BCUT2D eigenvalue weighted by Gasteiger charge is -2.23. The first-order valence-electron chi connectivity index (χ1n) is 8.85. The zero-order chi connectivity index (χ0) is 18.1. The maximum atomic E-state index is 12.1. The second kappa shape index (κ2) is 9.96. The third kappa shape index (κ3) is 5.88. The molecule has 2 N–H and O–H groups in total. The van der Waals surface area contributed by atoms with Crippen LogP contribution in [-0.2, 0) is 4.79 Å². The van der Waals surface area contributed by atoms with E-state index in [1.165, 1.54) is 0 Å². The van der Waals surface area contributed by atoms with Crippen molar-refractivity contribution in [3.05, 3.63) is 59.7 Å². The van der Waals surface area contributed by atoms with Crippen LogP contribution in [-0.4, -0.2) is 10.9 Å². The molecular formula is C21H31NO2. The summed E-state index contributed by atoms with van der Waals surface area (Å²) in [6.45, 7) is 14.1. The molecule has 0 radical (unpaired) electrons. The second-order valence-electron chi connectivity index (χ2n) is 6.42. The monoisotopic (exact) mass is 329 g/mol. The summed E-state index contributed by atoms with van der Waals surface area (Å²) in [5.41, 5.74) is 3.32. The maximum Gasteiger partial charge on any atom is 0.166 e. The fourth-order valence-corrected chi connectivity index (χ4v) is 2.72. The number of carbonyl (C=O) groups is 1. The topological polar surface area (TPSA) is 49.3 Å². The third-order valence-corrected chi connectivity index (χ3v) is 4.34. The molecule has 0 aromatic carbocycles. The Bertz CT molecular complexity index is 579. The summed E-state index contributed by atoms with van der Waals surface area (Å²) in [6, 6.07) is 0. The number of allylic oxidation sites excluding steroid dienone is 6. The molecule has 0 spiro atoms. The fourth-order valence-electron chi connectivity index (χ4n) is 2.72. The Morgan fingerprint density at radius 1 is 1.46 bits per heavy atom. The van der Waals surface area contributed by atoms with Crippen LogP contribution >= 0.6 is 0 Å². The molecule has 0 fully saturated rings. The second-order valence-corrected chi connectivity index (χ2v) is 6.42. The first-order valence-corrected chi connectivity index (χ1v) is 8.85. The number of hydrogen-bond acceptors (Lipinski definition) is 3. The smallest absolute Gasteiger partial charge is 0.166 e. The van der Waals surface area contributed by atoms with E-state index in [9.17, 15) is 9.90 Å². The molecule has 3 heteroatoms. The molecule has 1 rings (SSSR count). The van der Waals surface area contributed by atoms with Crippen LogP contribution in [0.5, 0.6) is 0 Å². The van der Waals surface area contributed by atoms with Gasteiger partial charge in [0, 0.05) is 12.1 Å². The highest BCUT2D eigenvalue weighted by molar-refractivity contribution is 6.00. The van der Waals surface area contributed by atoms with Crippen LogP contribution in [0.4, 0.5) is 0 Å². The number of rotatable bonds is 10. The van der Waals surface area contributed by atoms with E-state index in [4.69, 9.17) is 0 Å². The van der Waals surface area contributed by atoms with E-state index in [2.05, 4.69) is 38.4 Å². The summed E-state index contributed by atoms with van der Waals surface area (Å²) in [6.07, 6.45) is 10.6. The molecule has 0 heterocycles. The van der Waals surface area contributed by atoms with Crippen molar-refractivity contribution in [1.82, 2.24) is 5.32 Å². The minimum Gasteiger partial charge on any atom is -0.507 e. The van der Waals surface area contributed by atoms with Crippen molar-refractivity contribution in [1.29, 1.82) is 0 Å². The standard InChI is InChI=1S/C21H31NO2/c1-6-10-19(23)21-16(4)13-18(14-20(21)24)15(3)11-8-9-12-22-17(5)7-2/h9,12,14-15,22,24H,4-8,10-11,13H2,1-3H3/b12-9+. The summed E-state index contributed by atoms with van der Waals surface area (Å²) in [7, 11) is 0. The molecule has 0 saturated heterocycles. The van der Waals surface area contributed by atoms with Gasteiger partial charge < -0.3 is 10.4 Å². The highest BCUT2D eigenvalue weighted by Gasteiger charge is 2.23. The van der Waals surface area contributed by atoms with Crippen LogP contribution in [0.15, 0.2) is 59.7 Å². The molecule has 0 amide bonds. The van der Waals surface area contributed by atoms with Gasteiger partial charge in [0.1, 0.15) is 5.76 Å². The summed E-state index contributed by atoms with van der Waals surface area (Å²) >= 11 is 0. The van der Waals surface area contributed by atoms with E-state index < -0.39 is 0 Å². The van der Waals surface area contributed by atoms with Crippen LogP contribution in [0, 0.1) is 5.92 Å². The van der Waals surface area contributed by atoms with Gasteiger partial charge in [-0.2, -0.15) is 0 Å². The van der Waals surface area contributed by atoms with Crippen molar-refractivity contribution in [3.63, 3.8) is 0 Å². The van der Waals surface area contributed by atoms with E-state index in [0.717, 1.165) is 42.5 Å². The number of carbonyl (C=O) groups excluding carboxylic acids is 1. The Kier molecular flexibility index (Phi) is 8.31. The van der Waals surface area contributed by atoms with E-state index in [1.807, 2.05) is 13.1 Å². The number of aliphatic hydroxyl groups is 1. The van der Waals surface area contributed by atoms with E-state index in [1.54, 1.807) is 6.08 Å². The van der Waals surface area contributed by atoms with Gasteiger partial charge in [-0.05, 0) is 55.9 Å². The predicted octanol–water partition coefficient (Wildman–Crippen LogP) is 5.50. The van der Waals surface area contributed by atoms with Gasteiger partial charge in [0.05, 0.1) is 5.57 Å². The Morgan fingerprint density at radius 3 is 2.75 bits per heavy atom. The Labute approximate surface area is 146 Å². The van der Waals surface area contributed by atoms with Gasteiger partial charge in [0.15, 0.2) is 5.78 Å². The van der Waals surface area contributed by atoms with Crippen molar-refractivity contribution in [2.45, 2.75) is 59.3 Å². The van der Waals surface area contributed by atoms with Crippen molar-refractivity contribution in [3.8, 4) is 0 Å². The highest BCUT2D eigenvalue weighted by Crippen LogP contribution is 2.33. The molecule has 1 unspecified atom stereocenters. The largest absolute Gasteiger partial charge is 0.507 e. The van der Waals surface area contributed by atoms with Crippen LogP contribution < -0.4 is 5.32 Å². The summed E-state index contributed by atoms with van der Waals surface area (Å²) in [5.74, 6) is 0.418. The Hall–Kier alpha value is -2.03. The first kappa shape index (κ1) is 20.0. The van der Waals surface area contributed by atoms with E-state index in [-0.39, 0.29) is 11.5 Å². The molecular weight excluding hydrogens is 298 g/mol. The van der Waals surface area contributed by atoms with E-state index in [0.29, 0.717) is 24.3 Å². The molecule has 1 aliphatic rings. The molecule has 0 saturated carbocycles. The Balaban J connectivity index is 2.64. The molecule has 1 atom stereocenters. The molecule has 1 aliphatic carbocycles. The molecule has 24 heavy (non-hydrogen) atoms. The minimum atomic E-state index is -0.00638. The van der Waals surface area contributed by atoms with Gasteiger partial charge in [0.25, 0.3) is 0 Å². The van der Waals surface area contributed by atoms with Crippen molar-refractivity contribution in [2.75, 3.05) is 0 Å². The van der Waals surface area contributed by atoms with Crippen LogP contribution in [0.3, 0.4) is 0 Å². The van der Waals surface area contributed by atoms with Gasteiger partial charge in [-0.1, -0.05) is 45.6 Å². The van der Waals surface area contributed by atoms with E-state index >= 15 is 0 Å². The Morgan fingerprint density at radius 2 is 2.17 bits per heavy atom. The SMILES string of the molecule is C=C(CC)N/C=C/CCC(C)C1=CC(O)=C(C(=O)CCC)C(=C)C1. The van der Waals surface area contributed by atoms with Crippen LogP contribution in [0.1, 0.15) is 59.3 Å². The average Bonchev–Trinajstić information content (AvgIpc) is 2.53. The van der Waals surface area contributed by atoms with Crippen LogP contribution in [0.25, 0.3) is 0 Å². The van der Waals surface area contributed by atoms with Gasteiger partial charge in [-0.3, -0.25) is 4.79 Å². The number of nitrogens with one attached hydrogen (secondary N) is 1. The molecule has 0 aromatic heterocycles. The maximum absolute atomic E-state index is 12.1. The molecule has 0 aliphatic heterocycles. The lowest BCUT2D eigenvalue weighted by atomic mass is 9.83. The van der Waals surface area contributed by atoms with Gasteiger partial charge in [0.2, 0.25) is 0 Å². The zero-order valence-corrected chi connectivity index (χ0v) is 15.3. The van der Waals surface area contributed by atoms with Crippen molar-refractivity contribution in [2.24, 2.45) is 5.92 Å². The third-order valence-electron chi connectivity index (χ3n) is 4.34. The van der Waals surface area contributed by atoms with Crippen molar-refractivity contribution >= 4 is 5.78 Å².